The number of nitrogens with one attached hydrogen (secondary N) is 1. The van der Waals surface area contributed by atoms with E-state index in [1.165, 1.54) is 6.07 Å². The van der Waals surface area contributed by atoms with Gasteiger partial charge in [0.25, 0.3) is 10.0 Å². The van der Waals surface area contributed by atoms with Gasteiger partial charge in [-0.25, -0.2) is 8.42 Å². The highest BCUT2D eigenvalue weighted by Gasteiger charge is 2.63. The van der Waals surface area contributed by atoms with E-state index in [2.05, 4.69) is 4.72 Å². The molecule has 2 unspecified atom stereocenters. The van der Waals surface area contributed by atoms with E-state index in [1.54, 1.807) is 11.4 Å². The summed E-state index contributed by atoms with van der Waals surface area (Å²) in [5.74, 6) is -1.48. The van der Waals surface area contributed by atoms with E-state index in [-0.39, 0.29) is 16.5 Å². The second-order valence-electron chi connectivity index (χ2n) is 4.98. The van der Waals surface area contributed by atoms with E-state index >= 15 is 0 Å². The van der Waals surface area contributed by atoms with E-state index in [0.29, 0.717) is 0 Å². The van der Waals surface area contributed by atoms with Gasteiger partial charge in [-0.05, 0) is 23.4 Å². The molecule has 0 saturated heterocycles. The van der Waals surface area contributed by atoms with Gasteiger partial charge in [0.2, 0.25) is 0 Å². The zero-order valence-corrected chi connectivity index (χ0v) is 12.5. The van der Waals surface area contributed by atoms with Crippen LogP contribution in [-0.4, -0.2) is 25.0 Å². The van der Waals surface area contributed by atoms with Crippen LogP contribution in [-0.2, 0) is 14.8 Å². The molecule has 2 aromatic rings. The number of benzene rings is 1. The fourth-order valence-electron chi connectivity index (χ4n) is 2.45. The summed E-state index contributed by atoms with van der Waals surface area (Å²) in [4.78, 5) is 11.6. The number of rotatable bonds is 5. The van der Waals surface area contributed by atoms with Crippen LogP contribution in [0.1, 0.15) is 17.9 Å². The average Bonchev–Trinajstić information content (AvgIpc) is 2.92. The van der Waals surface area contributed by atoms with Gasteiger partial charge in [0.15, 0.2) is 0 Å². The molecule has 7 heteroatoms. The predicted octanol–water partition coefficient (Wildman–Crippen LogP) is 2.04. The Morgan fingerprint density at radius 2 is 1.95 bits per heavy atom. The molecule has 2 N–H and O–H groups in total. The molecule has 1 aromatic heterocycles. The maximum absolute atomic E-state index is 12.3. The van der Waals surface area contributed by atoms with Gasteiger partial charge in [-0.2, -0.15) is 4.72 Å². The van der Waals surface area contributed by atoms with Gasteiger partial charge in [0, 0.05) is 5.92 Å². The molecule has 0 aliphatic heterocycles. The van der Waals surface area contributed by atoms with Gasteiger partial charge in [0.05, 0.1) is 0 Å². The highest BCUT2D eigenvalue weighted by molar-refractivity contribution is 7.91. The van der Waals surface area contributed by atoms with E-state index in [9.17, 15) is 18.3 Å². The van der Waals surface area contributed by atoms with Crippen molar-refractivity contribution >= 4 is 27.3 Å². The molecule has 3 rings (SSSR count). The lowest BCUT2D eigenvalue weighted by Crippen LogP contribution is -2.44. The Morgan fingerprint density at radius 3 is 2.52 bits per heavy atom. The molecule has 0 amide bonds. The van der Waals surface area contributed by atoms with Crippen molar-refractivity contribution in [1.29, 1.82) is 0 Å². The van der Waals surface area contributed by atoms with E-state index < -0.39 is 21.5 Å². The molecule has 21 heavy (non-hydrogen) atoms. The summed E-state index contributed by atoms with van der Waals surface area (Å²) in [6, 6.07) is 12.2. The van der Waals surface area contributed by atoms with Crippen LogP contribution in [0.25, 0.3) is 0 Å². The number of hydrogen-bond donors (Lipinski definition) is 2. The lowest BCUT2D eigenvalue weighted by atomic mass is 10.1. The van der Waals surface area contributed by atoms with E-state index in [4.69, 9.17) is 0 Å². The second kappa shape index (κ2) is 4.94. The second-order valence-corrected chi connectivity index (χ2v) is 7.84. The summed E-state index contributed by atoms with van der Waals surface area (Å²) in [6.45, 7) is 0. The Hall–Kier alpha value is -1.70. The van der Waals surface area contributed by atoms with Crippen LogP contribution in [0.5, 0.6) is 0 Å². The quantitative estimate of drug-likeness (QED) is 0.882. The topological polar surface area (TPSA) is 83.5 Å². The number of carboxylic acids is 1. The van der Waals surface area contributed by atoms with Crippen molar-refractivity contribution in [2.24, 2.45) is 0 Å². The number of hydrogen-bond acceptors (Lipinski definition) is 4. The third-order valence-electron chi connectivity index (χ3n) is 3.62. The van der Waals surface area contributed by atoms with Crippen LogP contribution < -0.4 is 4.72 Å². The van der Waals surface area contributed by atoms with Crippen molar-refractivity contribution in [2.45, 2.75) is 22.1 Å². The minimum Gasteiger partial charge on any atom is -0.480 e. The molecule has 1 aromatic carbocycles. The van der Waals surface area contributed by atoms with E-state index in [1.807, 2.05) is 30.3 Å². The Kier molecular flexibility index (Phi) is 3.35. The van der Waals surface area contributed by atoms with Crippen LogP contribution in [0.2, 0.25) is 0 Å². The molecule has 1 fully saturated rings. The number of carboxylic acid groups (broad SMARTS) is 1. The summed E-state index contributed by atoms with van der Waals surface area (Å²) >= 11 is 1.06. The summed E-state index contributed by atoms with van der Waals surface area (Å²) in [6.07, 6.45) is 0.261. The Morgan fingerprint density at radius 1 is 1.24 bits per heavy atom. The summed E-state index contributed by atoms with van der Waals surface area (Å²) in [5.41, 5.74) is -0.613. The van der Waals surface area contributed by atoms with Crippen molar-refractivity contribution in [3.05, 3.63) is 53.4 Å². The molecular weight excluding hydrogens is 310 g/mol. The Bertz CT molecular complexity index is 756. The molecule has 1 aliphatic carbocycles. The lowest BCUT2D eigenvalue weighted by Gasteiger charge is -2.14. The molecular formula is C14H13NO4S2. The Balaban J connectivity index is 1.90. The van der Waals surface area contributed by atoms with Gasteiger partial charge in [0.1, 0.15) is 9.75 Å². The third kappa shape index (κ3) is 2.48. The molecule has 2 atom stereocenters. The van der Waals surface area contributed by atoms with Crippen LogP contribution in [0.4, 0.5) is 0 Å². The third-order valence-corrected chi connectivity index (χ3v) is 6.53. The van der Waals surface area contributed by atoms with Gasteiger partial charge in [-0.3, -0.25) is 4.79 Å². The first-order chi connectivity index (χ1) is 9.96. The molecule has 0 bridgehead atoms. The standard InChI is InChI=1S/C14H13NO4S2/c16-13(17)14(9-11(14)10-5-2-1-3-6-10)15-21(18,19)12-7-4-8-20-12/h1-8,11,15H,9H2,(H,16,17). The molecule has 110 valence electrons. The zero-order chi connectivity index (χ0) is 15.1. The van der Waals surface area contributed by atoms with E-state index in [0.717, 1.165) is 16.9 Å². The van der Waals surface area contributed by atoms with Crippen molar-refractivity contribution in [1.82, 2.24) is 4.72 Å². The predicted molar refractivity (Wildman–Crippen MR) is 78.8 cm³/mol. The van der Waals surface area contributed by atoms with Gasteiger partial charge in [-0.15, -0.1) is 11.3 Å². The lowest BCUT2D eigenvalue weighted by molar-refractivity contribution is -0.140. The SMILES string of the molecule is O=C(O)C1(NS(=O)(=O)c2cccs2)CC1c1ccccc1. The van der Waals surface area contributed by atoms with Crippen molar-refractivity contribution < 1.29 is 18.3 Å². The fourth-order valence-corrected chi connectivity index (χ4v) is 4.85. The summed E-state index contributed by atoms with van der Waals surface area (Å²) in [7, 11) is -3.81. The van der Waals surface area contributed by atoms with Crippen molar-refractivity contribution in [3.63, 3.8) is 0 Å². The van der Waals surface area contributed by atoms with Crippen LogP contribution in [0.3, 0.4) is 0 Å². The first kappa shape index (κ1) is 14.2. The molecule has 5 nitrogen and oxygen atoms in total. The summed E-state index contributed by atoms with van der Waals surface area (Å²) in [5, 5.41) is 11.1. The normalized spacial score (nSPS) is 24.7. The van der Waals surface area contributed by atoms with Crippen LogP contribution >= 0.6 is 11.3 Å². The minimum absolute atomic E-state index is 0.127. The van der Waals surface area contributed by atoms with Crippen molar-refractivity contribution in [3.8, 4) is 0 Å². The molecule has 1 heterocycles. The van der Waals surface area contributed by atoms with Gasteiger partial charge < -0.3 is 5.11 Å². The molecule has 1 saturated carbocycles. The van der Waals surface area contributed by atoms with Gasteiger partial charge >= 0.3 is 5.97 Å². The first-order valence-corrected chi connectivity index (χ1v) is 8.68. The number of carbonyl (C=O) groups is 1. The van der Waals surface area contributed by atoms with Gasteiger partial charge in [-0.1, -0.05) is 36.4 Å². The molecule has 1 aliphatic rings. The number of sulfonamides is 1. The maximum atomic E-state index is 12.3. The van der Waals surface area contributed by atoms with Crippen molar-refractivity contribution in [2.75, 3.05) is 0 Å². The fraction of sp³-hybridized carbons (Fsp3) is 0.214. The molecule has 0 spiro atoms. The minimum atomic E-state index is -3.81. The smallest absolute Gasteiger partial charge is 0.325 e. The van der Waals surface area contributed by atoms with Crippen LogP contribution in [0.15, 0.2) is 52.1 Å². The highest BCUT2D eigenvalue weighted by atomic mass is 32.2. The number of thiophene rings is 1. The largest absolute Gasteiger partial charge is 0.480 e. The highest BCUT2D eigenvalue weighted by Crippen LogP contribution is 2.52. The first-order valence-electron chi connectivity index (χ1n) is 6.31. The average molecular weight is 323 g/mol. The zero-order valence-electron chi connectivity index (χ0n) is 10.9. The monoisotopic (exact) mass is 323 g/mol. The maximum Gasteiger partial charge on any atom is 0.325 e. The summed E-state index contributed by atoms with van der Waals surface area (Å²) < 4.78 is 27.0. The Labute approximate surface area is 126 Å². The molecule has 0 radical (unpaired) electrons. The number of aliphatic carboxylic acids is 1. The van der Waals surface area contributed by atoms with Crippen LogP contribution in [0, 0.1) is 0 Å².